The third-order valence-corrected chi connectivity index (χ3v) is 9.53. The zero-order valence-electron chi connectivity index (χ0n) is 30.3. The van der Waals surface area contributed by atoms with Gasteiger partial charge in [0.05, 0.1) is 25.4 Å². The molecule has 1 rings (SSSR count). The Hall–Kier alpha value is -1.16. The first-order valence-corrected chi connectivity index (χ1v) is 20.4. The molecule has 0 bridgehead atoms. The predicted molar refractivity (Wildman–Crippen MR) is 190 cm³/mol. The first-order valence-electron chi connectivity index (χ1n) is 19.1. The van der Waals surface area contributed by atoms with Crippen LogP contribution in [0.2, 0.25) is 0 Å². The van der Waals surface area contributed by atoms with Gasteiger partial charge in [-0.15, -0.1) is 0 Å². The van der Waals surface area contributed by atoms with E-state index < -0.39 is 59.9 Å². The van der Waals surface area contributed by atoms with Crippen molar-refractivity contribution in [3.8, 4) is 0 Å². The normalized spacial score (nSPS) is 22.8. The fourth-order valence-electron chi connectivity index (χ4n) is 6.04. The minimum Gasteiger partial charge on any atom is -0.394 e. The van der Waals surface area contributed by atoms with Crippen LogP contribution in [0.3, 0.4) is 0 Å². The molecule has 1 aliphatic heterocycles. The number of nitrogens with one attached hydrogen (secondary N) is 1. The van der Waals surface area contributed by atoms with E-state index in [1.807, 2.05) is 6.08 Å². The number of carbonyl (C=O) groups is 1. The Morgan fingerprint density at radius 3 is 1.78 bits per heavy atom. The topological polar surface area (TPSA) is 192 Å². The van der Waals surface area contributed by atoms with Gasteiger partial charge in [0.25, 0.3) is 0 Å². The second-order valence-corrected chi connectivity index (χ2v) is 14.6. The molecule has 0 spiro atoms. The summed E-state index contributed by atoms with van der Waals surface area (Å²) >= 11 is 0. The molecule has 0 aromatic heterocycles. The van der Waals surface area contributed by atoms with Crippen LogP contribution < -0.4 is 5.32 Å². The molecule has 290 valence electrons. The number of hydrogen-bond donors (Lipinski definition) is 6. The highest BCUT2D eigenvalue weighted by atomic mass is 32.3. The number of carbonyl (C=O) groups excluding carboxylic acids is 1. The van der Waals surface area contributed by atoms with Crippen molar-refractivity contribution < 1.29 is 51.8 Å². The van der Waals surface area contributed by atoms with Gasteiger partial charge in [0.15, 0.2) is 6.29 Å². The van der Waals surface area contributed by atoms with Gasteiger partial charge >= 0.3 is 10.4 Å². The van der Waals surface area contributed by atoms with Crippen LogP contribution in [0.25, 0.3) is 0 Å². The van der Waals surface area contributed by atoms with Crippen LogP contribution in [0.4, 0.5) is 0 Å². The van der Waals surface area contributed by atoms with Gasteiger partial charge in [-0.05, 0) is 19.3 Å². The standard InChI is InChI=1S/C36H69NO11S/c1-3-5-7-9-11-13-15-17-19-21-23-25-30(39)29(37-32(40)26-24-22-20-18-16-14-12-10-8-6-4-2)28-46-36-34(42)35(48-49(43,44)45)33(41)31(27-38)47-36/h23,25,29-31,33-36,38-39,41-42H,3-22,24,26-28H2,1-2H3,(H,37,40)(H,43,44,45)/b25-23+. The Kier molecular flexibility index (Phi) is 26.6. The predicted octanol–water partition coefficient (Wildman–Crippen LogP) is 5.65. The smallest absolute Gasteiger partial charge is 0.394 e. The van der Waals surface area contributed by atoms with Crippen LogP contribution in [0, 0.1) is 0 Å². The van der Waals surface area contributed by atoms with Crippen molar-refractivity contribution in [2.45, 2.75) is 198 Å². The molecule has 6 N–H and O–H groups in total. The summed E-state index contributed by atoms with van der Waals surface area (Å²) in [7, 11) is -5.07. The quantitative estimate of drug-likeness (QED) is 0.0294. The molecule has 13 heteroatoms. The maximum atomic E-state index is 12.9. The van der Waals surface area contributed by atoms with Crippen molar-refractivity contribution in [2.24, 2.45) is 0 Å². The number of ether oxygens (including phenoxy) is 2. The molecule has 49 heavy (non-hydrogen) atoms. The molecule has 1 amide bonds. The molecule has 0 aromatic carbocycles. The first kappa shape index (κ1) is 45.9. The Morgan fingerprint density at radius 2 is 1.29 bits per heavy atom. The molecule has 0 radical (unpaired) electrons. The van der Waals surface area contributed by atoms with Gasteiger partial charge in [-0.25, -0.2) is 4.18 Å². The van der Waals surface area contributed by atoms with Crippen molar-refractivity contribution in [3.05, 3.63) is 12.2 Å². The van der Waals surface area contributed by atoms with E-state index in [0.717, 1.165) is 38.5 Å². The van der Waals surface area contributed by atoms with Gasteiger partial charge in [-0.1, -0.05) is 142 Å². The molecule has 12 nitrogen and oxygen atoms in total. The second kappa shape index (κ2) is 28.4. The minimum atomic E-state index is -5.07. The van der Waals surface area contributed by atoms with Gasteiger partial charge in [0.1, 0.15) is 24.4 Å². The Labute approximate surface area is 296 Å². The van der Waals surface area contributed by atoms with Crippen LogP contribution in [-0.2, 0) is 28.9 Å². The summed E-state index contributed by atoms with van der Waals surface area (Å²) < 4.78 is 47.3. The summed E-state index contributed by atoms with van der Waals surface area (Å²) in [6, 6.07) is -0.934. The van der Waals surface area contributed by atoms with Crippen LogP contribution in [0.15, 0.2) is 12.2 Å². The lowest BCUT2D eigenvalue weighted by Gasteiger charge is -2.41. The minimum absolute atomic E-state index is 0.266. The highest BCUT2D eigenvalue weighted by Crippen LogP contribution is 2.26. The summed E-state index contributed by atoms with van der Waals surface area (Å²) in [4.78, 5) is 12.9. The number of unbranched alkanes of at least 4 members (excludes halogenated alkanes) is 19. The van der Waals surface area contributed by atoms with Crippen molar-refractivity contribution >= 4 is 16.3 Å². The van der Waals surface area contributed by atoms with Crippen LogP contribution in [0.5, 0.6) is 0 Å². The molecular weight excluding hydrogens is 654 g/mol. The molecule has 1 saturated heterocycles. The summed E-state index contributed by atoms with van der Waals surface area (Å²) in [5, 5.41) is 44.3. The molecule has 1 aliphatic rings. The lowest BCUT2D eigenvalue weighted by molar-refractivity contribution is -0.298. The summed E-state index contributed by atoms with van der Waals surface area (Å²) in [6.07, 6.45) is 18.4. The van der Waals surface area contributed by atoms with Crippen LogP contribution >= 0.6 is 0 Å². The monoisotopic (exact) mass is 723 g/mol. The fourth-order valence-corrected chi connectivity index (χ4v) is 6.55. The molecular formula is C36H69NO11S. The Balaban J connectivity index is 2.66. The zero-order valence-corrected chi connectivity index (χ0v) is 31.1. The summed E-state index contributed by atoms with van der Waals surface area (Å²) in [5.74, 6) is -0.266. The highest BCUT2D eigenvalue weighted by Gasteiger charge is 2.48. The largest absolute Gasteiger partial charge is 0.397 e. The van der Waals surface area contributed by atoms with E-state index in [2.05, 4.69) is 23.3 Å². The molecule has 0 saturated carbocycles. The summed E-state index contributed by atoms with van der Waals surface area (Å²) in [6.45, 7) is 3.32. The average molecular weight is 724 g/mol. The van der Waals surface area contributed by atoms with Crippen molar-refractivity contribution in [3.63, 3.8) is 0 Å². The van der Waals surface area contributed by atoms with Crippen molar-refractivity contribution in [1.82, 2.24) is 5.32 Å². The van der Waals surface area contributed by atoms with Crippen LogP contribution in [-0.4, -0.2) is 95.4 Å². The van der Waals surface area contributed by atoms with Crippen molar-refractivity contribution in [1.29, 1.82) is 0 Å². The number of aliphatic hydroxyl groups is 4. The molecule has 1 fully saturated rings. The molecule has 0 aromatic rings. The zero-order chi connectivity index (χ0) is 36.3. The maximum absolute atomic E-state index is 12.9. The van der Waals surface area contributed by atoms with Gasteiger partial charge in [-0.2, -0.15) is 8.42 Å². The van der Waals surface area contributed by atoms with E-state index in [0.29, 0.717) is 6.42 Å². The summed E-state index contributed by atoms with van der Waals surface area (Å²) in [5.41, 5.74) is 0. The van der Waals surface area contributed by atoms with Gasteiger partial charge in [-0.3, -0.25) is 9.35 Å². The number of allylic oxidation sites excluding steroid dienone is 1. The fraction of sp³-hybridized carbons (Fsp3) is 0.917. The van der Waals surface area contributed by atoms with E-state index in [1.54, 1.807) is 6.08 Å². The molecule has 0 aliphatic carbocycles. The third kappa shape index (κ3) is 22.4. The van der Waals surface area contributed by atoms with Gasteiger partial charge in [0, 0.05) is 6.42 Å². The van der Waals surface area contributed by atoms with E-state index >= 15 is 0 Å². The lowest BCUT2D eigenvalue weighted by Crippen LogP contribution is -2.61. The molecule has 7 atom stereocenters. The Morgan fingerprint density at radius 1 is 0.796 bits per heavy atom. The number of aliphatic hydroxyl groups excluding tert-OH is 4. The van der Waals surface area contributed by atoms with Gasteiger partial charge in [0.2, 0.25) is 5.91 Å². The third-order valence-electron chi connectivity index (χ3n) is 9.07. The van der Waals surface area contributed by atoms with Gasteiger partial charge < -0.3 is 35.2 Å². The number of hydrogen-bond acceptors (Lipinski definition) is 10. The van der Waals surface area contributed by atoms with E-state index in [4.69, 9.17) is 14.0 Å². The van der Waals surface area contributed by atoms with E-state index in [9.17, 15) is 33.6 Å². The number of amides is 1. The van der Waals surface area contributed by atoms with Crippen molar-refractivity contribution in [2.75, 3.05) is 13.2 Å². The number of rotatable bonds is 31. The second-order valence-electron chi connectivity index (χ2n) is 13.5. The van der Waals surface area contributed by atoms with E-state index in [-0.39, 0.29) is 18.9 Å². The highest BCUT2D eigenvalue weighted by molar-refractivity contribution is 7.80. The molecule has 1 heterocycles. The SMILES string of the molecule is CCCCCCCCCCC/C=C/C(O)C(COC1OC(CO)C(O)C(OS(=O)(=O)O)C1O)NC(=O)CCCCCCCCCCCCC. The lowest BCUT2D eigenvalue weighted by atomic mass is 9.99. The van der Waals surface area contributed by atoms with Crippen LogP contribution in [0.1, 0.15) is 155 Å². The molecule has 7 unspecified atom stereocenters. The first-order chi connectivity index (χ1) is 23.5. The van der Waals surface area contributed by atoms with E-state index in [1.165, 1.54) is 89.9 Å². The maximum Gasteiger partial charge on any atom is 0.397 e. The average Bonchev–Trinajstić information content (AvgIpc) is 3.06. The Bertz CT molecular complexity index is 951.